The van der Waals surface area contributed by atoms with Crippen LogP contribution in [0, 0.1) is 11.3 Å². The molecule has 2 unspecified atom stereocenters. The van der Waals surface area contributed by atoms with E-state index in [2.05, 4.69) is 11.0 Å². The highest BCUT2D eigenvalue weighted by Crippen LogP contribution is 2.21. The zero-order valence-electron chi connectivity index (χ0n) is 17.2. The Bertz CT molecular complexity index is 726. The molecule has 8 heteroatoms. The highest BCUT2D eigenvalue weighted by molar-refractivity contribution is 5.68. The summed E-state index contributed by atoms with van der Waals surface area (Å²) in [6.07, 6.45) is -1.14. The first kappa shape index (κ1) is 21.4. The molecule has 3 atom stereocenters. The second-order valence-corrected chi connectivity index (χ2v) is 8.58. The molecule has 1 N–H and O–H groups in total. The lowest BCUT2D eigenvalue weighted by atomic mass is 10.1. The van der Waals surface area contributed by atoms with Gasteiger partial charge < -0.3 is 24.2 Å². The van der Waals surface area contributed by atoms with Gasteiger partial charge in [-0.15, -0.1) is 0 Å². The van der Waals surface area contributed by atoms with Gasteiger partial charge in [0.15, 0.2) is 0 Å². The minimum absolute atomic E-state index is 0.0957. The van der Waals surface area contributed by atoms with Crippen molar-refractivity contribution in [2.75, 3.05) is 39.3 Å². The normalized spacial score (nSPS) is 23.2. The van der Waals surface area contributed by atoms with E-state index >= 15 is 0 Å². The van der Waals surface area contributed by atoms with E-state index in [-0.39, 0.29) is 24.9 Å². The van der Waals surface area contributed by atoms with Crippen molar-refractivity contribution in [3.05, 3.63) is 29.8 Å². The number of aliphatic hydroxyl groups is 1. The monoisotopic (exact) mass is 403 g/mol. The van der Waals surface area contributed by atoms with E-state index in [1.807, 2.05) is 20.8 Å². The van der Waals surface area contributed by atoms with E-state index in [0.29, 0.717) is 44.0 Å². The molecule has 2 aliphatic rings. The van der Waals surface area contributed by atoms with Crippen LogP contribution in [-0.4, -0.2) is 84.2 Å². The molecule has 1 aromatic carbocycles. The number of carbonyl (C=O) groups excluding carboxylic acids is 1. The Morgan fingerprint density at radius 2 is 1.86 bits per heavy atom. The number of aliphatic hydroxyl groups excluding tert-OH is 1. The van der Waals surface area contributed by atoms with E-state index in [1.54, 1.807) is 29.2 Å². The number of nitriles is 1. The van der Waals surface area contributed by atoms with Gasteiger partial charge >= 0.3 is 6.09 Å². The van der Waals surface area contributed by atoms with Gasteiger partial charge in [0.25, 0.3) is 0 Å². The van der Waals surface area contributed by atoms with Crippen LogP contribution in [0.25, 0.3) is 0 Å². The summed E-state index contributed by atoms with van der Waals surface area (Å²) in [5.41, 5.74) is 0.0495. The Labute approximate surface area is 171 Å². The summed E-state index contributed by atoms with van der Waals surface area (Å²) in [7, 11) is 0. The Kier molecular flexibility index (Phi) is 6.63. The Hall–Kier alpha value is -2.34. The number of benzene rings is 1. The zero-order valence-corrected chi connectivity index (χ0v) is 17.2. The Morgan fingerprint density at radius 1 is 1.24 bits per heavy atom. The third kappa shape index (κ3) is 6.32. The molecule has 1 amide bonds. The molecule has 0 saturated carbocycles. The molecule has 158 valence electrons. The predicted molar refractivity (Wildman–Crippen MR) is 106 cm³/mol. The minimum atomic E-state index is -0.647. The van der Waals surface area contributed by atoms with Crippen LogP contribution in [0.5, 0.6) is 5.75 Å². The van der Waals surface area contributed by atoms with Crippen molar-refractivity contribution in [1.29, 1.82) is 5.26 Å². The molecule has 2 aliphatic heterocycles. The third-order valence-corrected chi connectivity index (χ3v) is 4.70. The maximum Gasteiger partial charge on any atom is 0.410 e. The number of hydrogen-bond donors (Lipinski definition) is 1. The van der Waals surface area contributed by atoms with Crippen molar-refractivity contribution in [1.82, 2.24) is 9.80 Å². The first-order chi connectivity index (χ1) is 13.7. The first-order valence-electron chi connectivity index (χ1n) is 9.88. The van der Waals surface area contributed by atoms with Gasteiger partial charge in [-0.3, -0.25) is 4.90 Å². The second kappa shape index (κ2) is 8.99. The van der Waals surface area contributed by atoms with Crippen molar-refractivity contribution < 1.29 is 24.1 Å². The number of fused-ring (bicyclic) bond motifs is 2. The predicted octanol–water partition coefficient (Wildman–Crippen LogP) is 1.62. The average Bonchev–Trinajstić information content (AvgIpc) is 2.64. The van der Waals surface area contributed by atoms with Crippen molar-refractivity contribution in [3.8, 4) is 11.8 Å². The van der Waals surface area contributed by atoms with Gasteiger partial charge in [-0.25, -0.2) is 4.79 Å². The maximum atomic E-state index is 12.3. The summed E-state index contributed by atoms with van der Waals surface area (Å²) in [5.74, 6) is 0.620. The van der Waals surface area contributed by atoms with Crippen LogP contribution >= 0.6 is 0 Å². The summed E-state index contributed by atoms with van der Waals surface area (Å²) >= 11 is 0. The average molecular weight is 403 g/mol. The van der Waals surface area contributed by atoms with E-state index in [9.17, 15) is 9.90 Å². The SMILES string of the molecule is CC(C)(C)OC(=O)N1CC2CN(C[C@H](O)COc3ccc(C#N)cc3)CC(C1)O2. The van der Waals surface area contributed by atoms with Gasteiger partial charge in [-0.2, -0.15) is 5.26 Å². The van der Waals surface area contributed by atoms with E-state index in [4.69, 9.17) is 19.5 Å². The van der Waals surface area contributed by atoms with Gasteiger partial charge in [0.2, 0.25) is 0 Å². The largest absolute Gasteiger partial charge is 0.491 e. The topological polar surface area (TPSA) is 95.3 Å². The van der Waals surface area contributed by atoms with E-state index in [1.165, 1.54) is 0 Å². The van der Waals surface area contributed by atoms with Crippen molar-refractivity contribution in [2.45, 2.75) is 44.7 Å². The molecule has 0 aromatic heterocycles. The standard InChI is InChI=1S/C21H29N3O5/c1-21(2,3)29-20(26)24-12-18-10-23(11-19(13-24)28-18)9-16(25)14-27-17-6-4-15(8-22)5-7-17/h4-7,16,18-19,25H,9-14H2,1-3H3/t16-,18?,19?/m0/s1. The molecule has 8 nitrogen and oxygen atoms in total. The molecule has 2 saturated heterocycles. The number of amides is 1. The van der Waals surface area contributed by atoms with Crippen LogP contribution in [-0.2, 0) is 9.47 Å². The maximum absolute atomic E-state index is 12.3. The third-order valence-electron chi connectivity index (χ3n) is 4.70. The van der Waals surface area contributed by atoms with Crippen LogP contribution < -0.4 is 4.74 Å². The van der Waals surface area contributed by atoms with Crippen molar-refractivity contribution in [3.63, 3.8) is 0 Å². The molecule has 0 spiro atoms. The highest BCUT2D eigenvalue weighted by Gasteiger charge is 2.38. The Morgan fingerprint density at radius 3 is 2.41 bits per heavy atom. The molecule has 2 bridgehead atoms. The van der Waals surface area contributed by atoms with Crippen LogP contribution in [0.2, 0.25) is 0 Å². The summed E-state index contributed by atoms with van der Waals surface area (Å²) in [5, 5.41) is 19.2. The molecule has 29 heavy (non-hydrogen) atoms. The second-order valence-electron chi connectivity index (χ2n) is 8.58. The fourth-order valence-corrected chi connectivity index (χ4v) is 3.57. The minimum Gasteiger partial charge on any atom is -0.491 e. The highest BCUT2D eigenvalue weighted by atomic mass is 16.6. The molecule has 0 aliphatic carbocycles. The van der Waals surface area contributed by atoms with Gasteiger partial charge in [0.05, 0.1) is 36.9 Å². The van der Waals surface area contributed by atoms with Gasteiger partial charge in [-0.05, 0) is 45.0 Å². The molecular weight excluding hydrogens is 374 g/mol. The van der Waals surface area contributed by atoms with Crippen LogP contribution in [0.15, 0.2) is 24.3 Å². The summed E-state index contributed by atoms with van der Waals surface area (Å²) < 4.78 is 17.0. The number of carbonyl (C=O) groups is 1. The number of hydrogen-bond acceptors (Lipinski definition) is 7. The van der Waals surface area contributed by atoms with Crippen molar-refractivity contribution >= 4 is 6.09 Å². The number of ether oxygens (including phenoxy) is 3. The molecule has 2 heterocycles. The first-order valence-corrected chi connectivity index (χ1v) is 9.88. The summed E-state index contributed by atoms with van der Waals surface area (Å²) in [6.45, 7) is 8.47. The van der Waals surface area contributed by atoms with Gasteiger partial charge in [0, 0.05) is 19.6 Å². The van der Waals surface area contributed by atoms with Crippen LogP contribution in [0.1, 0.15) is 26.3 Å². The zero-order chi connectivity index (χ0) is 21.0. The molecular formula is C21H29N3O5. The number of morpholine rings is 2. The number of rotatable bonds is 5. The lowest BCUT2D eigenvalue weighted by Crippen LogP contribution is -2.61. The van der Waals surface area contributed by atoms with Gasteiger partial charge in [-0.1, -0.05) is 0 Å². The van der Waals surface area contributed by atoms with Crippen molar-refractivity contribution in [2.24, 2.45) is 0 Å². The molecule has 3 rings (SSSR count). The lowest BCUT2D eigenvalue weighted by molar-refractivity contribution is -0.140. The summed E-state index contributed by atoms with van der Waals surface area (Å²) in [4.78, 5) is 16.2. The molecule has 2 fully saturated rings. The quantitative estimate of drug-likeness (QED) is 0.798. The smallest absolute Gasteiger partial charge is 0.410 e. The fourth-order valence-electron chi connectivity index (χ4n) is 3.57. The Balaban J connectivity index is 1.44. The number of β-amino-alcohol motifs (C(OH)–C–C–N with tert-alkyl or cyclic N) is 1. The molecule has 0 radical (unpaired) electrons. The fraction of sp³-hybridized carbons (Fsp3) is 0.619. The van der Waals surface area contributed by atoms with Crippen LogP contribution in [0.4, 0.5) is 4.79 Å². The summed E-state index contributed by atoms with van der Waals surface area (Å²) in [6, 6.07) is 8.86. The van der Waals surface area contributed by atoms with Crippen LogP contribution in [0.3, 0.4) is 0 Å². The molecule has 1 aromatic rings. The lowest BCUT2D eigenvalue weighted by Gasteiger charge is -2.46. The van der Waals surface area contributed by atoms with E-state index < -0.39 is 11.7 Å². The number of nitrogens with zero attached hydrogens (tertiary/aromatic N) is 3. The van der Waals surface area contributed by atoms with E-state index in [0.717, 1.165) is 0 Å². The van der Waals surface area contributed by atoms with Gasteiger partial charge in [0.1, 0.15) is 24.1 Å².